The lowest BCUT2D eigenvalue weighted by Gasteiger charge is -2.26. The lowest BCUT2D eigenvalue weighted by Crippen LogP contribution is -2.40. The number of aromatic nitrogens is 4. The molecule has 1 amide bonds. The third-order valence-electron chi connectivity index (χ3n) is 8.54. The summed E-state index contributed by atoms with van der Waals surface area (Å²) in [5, 5.41) is 9.59. The van der Waals surface area contributed by atoms with Crippen molar-refractivity contribution in [1.29, 1.82) is 0 Å². The van der Waals surface area contributed by atoms with Crippen LogP contribution in [0.1, 0.15) is 61.3 Å². The SMILES string of the molecule is O=C(O)C1CCCN1C(=O)c1ccc2c(c1)nc(-c1ccc3nc(-c4ccccc4)cnc3c1)n2C1CCCCC1. The standard InChI is InChI=1S/C33H31N5O3/c39-32(37-17-7-12-30(37)33(40)41)23-14-16-29-27(19-23)36-31(38(29)24-10-5-2-6-11-24)22-13-15-25-26(18-22)34-20-28(35-25)21-8-3-1-4-9-21/h1,3-4,8-9,13-16,18-20,24,30H,2,5-7,10-12,17H2,(H,40,41). The van der Waals surface area contributed by atoms with Gasteiger partial charge in [-0.15, -0.1) is 0 Å². The molecule has 1 aliphatic carbocycles. The van der Waals surface area contributed by atoms with E-state index < -0.39 is 12.0 Å². The van der Waals surface area contributed by atoms with Gasteiger partial charge in [0.05, 0.1) is 34.0 Å². The van der Waals surface area contributed by atoms with Crippen LogP contribution in [0.3, 0.4) is 0 Å². The van der Waals surface area contributed by atoms with Crippen LogP contribution >= 0.6 is 0 Å². The number of rotatable bonds is 5. The van der Waals surface area contributed by atoms with E-state index in [-0.39, 0.29) is 5.91 Å². The van der Waals surface area contributed by atoms with Gasteiger partial charge >= 0.3 is 5.97 Å². The van der Waals surface area contributed by atoms with Crippen molar-refractivity contribution < 1.29 is 14.7 Å². The van der Waals surface area contributed by atoms with Gasteiger partial charge in [-0.05, 0) is 62.1 Å². The zero-order valence-corrected chi connectivity index (χ0v) is 22.7. The predicted octanol–water partition coefficient (Wildman–Crippen LogP) is 6.51. The average Bonchev–Trinajstić information content (AvgIpc) is 3.66. The lowest BCUT2D eigenvalue weighted by atomic mass is 9.94. The molecular formula is C33H31N5O3. The lowest BCUT2D eigenvalue weighted by molar-refractivity contribution is -0.141. The molecule has 7 rings (SSSR count). The Morgan fingerprint density at radius 1 is 0.780 bits per heavy atom. The van der Waals surface area contributed by atoms with Gasteiger partial charge in [0.25, 0.3) is 5.91 Å². The first-order chi connectivity index (χ1) is 20.1. The summed E-state index contributed by atoms with van der Waals surface area (Å²) in [5.74, 6) is -0.339. The Balaban J connectivity index is 1.30. The van der Waals surface area contributed by atoms with E-state index in [1.807, 2.05) is 66.9 Å². The Kier molecular flexibility index (Phi) is 6.46. The van der Waals surface area contributed by atoms with E-state index in [1.54, 1.807) is 0 Å². The average molecular weight is 546 g/mol. The molecule has 1 saturated carbocycles. The number of imidazole rings is 1. The molecule has 1 N–H and O–H groups in total. The maximum atomic E-state index is 13.4. The molecule has 3 heterocycles. The molecule has 8 heteroatoms. The molecule has 0 radical (unpaired) electrons. The van der Waals surface area contributed by atoms with E-state index in [9.17, 15) is 14.7 Å². The summed E-state index contributed by atoms with van der Waals surface area (Å²) < 4.78 is 2.34. The topological polar surface area (TPSA) is 101 Å². The molecule has 1 atom stereocenters. The first kappa shape index (κ1) is 25.4. The minimum absolute atomic E-state index is 0.249. The molecule has 1 saturated heterocycles. The van der Waals surface area contributed by atoms with Gasteiger partial charge in [-0.1, -0.05) is 49.6 Å². The fraction of sp³-hybridized carbons (Fsp3) is 0.303. The number of benzene rings is 3. The second kappa shape index (κ2) is 10.4. The van der Waals surface area contributed by atoms with E-state index in [2.05, 4.69) is 10.6 Å². The zero-order chi connectivity index (χ0) is 27.9. The van der Waals surface area contributed by atoms with Gasteiger partial charge in [-0.3, -0.25) is 9.78 Å². The summed E-state index contributed by atoms with van der Waals surface area (Å²) in [6, 6.07) is 21.3. The molecule has 5 aromatic rings. The Hall–Kier alpha value is -4.59. The normalized spacial score (nSPS) is 17.9. The maximum absolute atomic E-state index is 13.4. The molecule has 2 aromatic heterocycles. The number of hydrogen-bond donors (Lipinski definition) is 1. The van der Waals surface area contributed by atoms with E-state index in [0.29, 0.717) is 31.0 Å². The fourth-order valence-electron chi connectivity index (χ4n) is 6.47. The fourth-order valence-corrected chi connectivity index (χ4v) is 6.47. The third-order valence-corrected chi connectivity index (χ3v) is 8.54. The van der Waals surface area contributed by atoms with Crippen molar-refractivity contribution in [3.05, 3.63) is 78.5 Å². The predicted molar refractivity (Wildman–Crippen MR) is 158 cm³/mol. The van der Waals surface area contributed by atoms with Crippen LogP contribution in [0.25, 0.3) is 44.7 Å². The van der Waals surface area contributed by atoms with Crippen molar-refractivity contribution in [3.8, 4) is 22.6 Å². The Morgan fingerprint density at radius 2 is 1.61 bits per heavy atom. The van der Waals surface area contributed by atoms with Crippen LogP contribution < -0.4 is 0 Å². The van der Waals surface area contributed by atoms with Gasteiger partial charge in [0.15, 0.2) is 0 Å². The molecule has 2 fully saturated rings. The minimum atomic E-state index is -0.948. The Morgan fingerprint density at radius 3 is 2.41 bits per heavy atom. The molecule has 1 unspecified atom stereocenters. The summed E-state index contributed by atoms with van der Waals surface area (Å²) in [5.41, 5.74) is 6.65. The number of fused-ring (bicyclic) bond motifs is 2. The molecule has 2 aliphatic rings. The van der Waals surface area contributed by atoms with Crippen molar-refractivity contribution in [2.24, 2.45) is 0 Å². The number of carbonyl (C=O) groups is 2. The smallest absolute Gasteiger partial charge is 0.326 e. The van der Waals surface area contributed by atoms with Crippen molar-refractivity contribution >= 4 is 33.9 Å². The van der Waals surface area contributed by atoms with Gasteiger partial charge < -0.3 is 14.6 Å². The number of carbonyl (C=O) groups excluding carboxylic acids is 1. The summed E-state index contributed by atoms with van der Waals surface area (Å²) in [4.78, 5) is 41.2. The highest BCUT2D eigenvalue weighted by molar-refractivity contribution is 6.00. The number of likely N-dealkylation sites (tertiary alicyclic amines) is 1. The van der Waals surface area contributed by atoms with Gasteiger partial charge in [-0.25, -0.2) is 14.8 Å². The van der Waals surface area contributed by atoms with Crippen LogP contribution in [0.4, 0.5) is 0 Å². The van der Waals surface area contributed by atoms with E-state index in [0.717, 1.165) is 57.6 Å². The summed E-state index contributed by atoms with van der Waals surface area (Å²) >= 11 is 0. The van der Waals surface area contributed by atoms with E-state index in [4.69, 9.17) is 15.0 Å². The van der Waals surface area contributed by atoms with Crippen LogP contribution in [0, 0.1) is 0 Å². The van der Waals surface area contributed by atoms with Gasteiger partial charge in [0.1, 0.15) is 11.9 Å². The first-order valence-corrected chi connectivity index (χ1v) is 14.5. The van der Waals surface area contributed by atoms with E-state index in [1.165, 1.54) is 24.2 Å². The molecule has 0 spiro atoms. The van der Waals surface area contributed by atoms with Crippen molar-refractivity contribution in [3.63, 3.8) is 0 Å². The second-order valence-corrected chi connectivity index (χ2v) is 11.1. The van der Waals surface area contributed by atoms with Gasteiger partial charge in [0.2, 0.25) is 0 Å². The summed E-state index contributed by atoms with van der Waals surface area (Å²) in [7, 11) is 0. The highest BCUT2D eigenvalue weighted by atomic mass is 16.4. The molecule has 206 valence electrons. The molecule has 41 heavy (non-hydrogen) atoms. The van der Waals surface area contributed by atoms with Crippen LogP contribution in [0.15, 0.2) is 72.9 Å². The number of amides is 1. The van der Waals surface area contributed by atoms with Crippen LogP contribution in [-0.4, -0.2) is 54.0 Å². The maximum Gasteiger partial charge on any atom is 0.326 e. The number of hydrogen-bond acceptors (Lipinski definition) is 5. The zero-order valence-electron chi connectivity index (χ0n) is 22.7. The molecule has 3 aromatic carbocycles. The highest BCUT2D eigenvalue weighted by Gasteiger charge is 2.34. The highest BCUT2D eigenvalue weighted by Crippen LogP contribution is 2.37. The van der Waals surface area contributed by atoms with Crippen LogP contribution in [-0.2, 0) is 4.79 Å². The van der Waals surface area contributed by atoms with Crippen molar-refractivity contribution in [2.45, 2.75) is 57.0 Å². The second-order valence-electron chi connectivity index (χ2n) is 11.1. The monoisotopic (exact) mass is 545 g/mol. The van der Waals surface area contributed by atoms with Gasteiger partial charge in [0, 0.05) is 29.3 Å². The number of nitrogens with zero attached hydrogens (tertiary/aromatic N) is 5. The van der Waals surface area contributed by atoms with Crippen LogP contribution in [0.2, 0.25) is 0 Å². The third kappa shape index (κ3) is 4.63. The summed E-state index contributed by atoms with van der Waals surface area (Å²) in [6.07, 6.45) is 8.76. The molecule has 1 aliphatic heterocycles. The number of aliphatic carboxylic acids is 1. The van der Waals surface area contributed by atoms with E-state index >= 15 is 0 Å². The number of carboxylic acid groups (broad SMARTS) is 1. The van der Waals surface area contributed by atoms with Crippen molar-refractivity contribution in [1.82, 2.24) is 24.4 Å². The minimum Gasteiger partial charge on any atom is -0.480 e. The largest absolute Gasteiger partial charge is 0.480 e. The van der Waals surface area contributed by atoms with Gasteiger partial charge in [-0.2, -0.15) is 0 Å². The van der Waals surface area contributed by atoms with Crippen molar-refractivity contribution in [2.75, 3.05) is 6.54 Å². The molecule has 8 nitrogen and oxygen atoms in total. The number of carboxylic acids is 1. The Bertz CT molecular complexity index is 1770. The molecule has 0 bridgehead atoms. The quantitative estimate of drug-likeness (QED) is 0.270. The Labute approximate surface area is 237 Å². The van der Waals surface area contributed by atoms with Crippen LogP contribution in [0.5, 0.6) is 0 Å². The summed E-state index contributed by atoms with van der Waals surface area (Å²) in [6.45, 7) is 0.458. The molecular weight excluding hydrogens is 514 g/mol. The first-order valence-electron chi connectivity index (χ1n) is 14.5.